The molecule has 0 atom stereocenters. The Morgan fingerprint density at radius 3 is 2.05 bits per heavy atom. The first-order valence-corrected chi connectivity index (χ1v) is 8.01. The van der Waals surface area contributed by atoms with Gasteiger partial charge in [0.15, 0.2) is 0 Å². The van der Waals surface area contributed by atoms with E-state index in [1.165, 1.54) is 0 Å². The zero-order valence-electron chi connectivity index (χ0n) is 13.0. The van der Waals surface area contributed by atoms with E-state index in [1.807, 2.05) is 72.7 Å². The molecule has 0 aliphatic rings. The fourth-order valence-electron chi connectivity index (χ4n) is 2.41. The highest BCUT2D eigenvalue weighted by Gasteiger charge is 2.54. The monoisotopic (exact) mass is 296 g/mol. The molecule has 110 valence electrons. The van der Waals surface area contributed by atoms with Crippen molar-refractivity contribution in [2.75, 3.05) is 42.3 Å². The van der Waals surface area contributed by atoms with E-state index >= 15 is 0 Å². The van der Waals surface area contributed by atoms with E-state index in [0.717, 1.165) is 10.9 Å². The summed E-state index contributed by atoms with van der Waals surface area (Å²) in [6.07, 6.45) is 1.82. The molecule has 0 aliphatic carbocycles. The van der Waals surface area contributed by atoms with Crippen LogP contribution in [0.2, 0.25) is 0 Å². The lowest BCUT2D eigenvalue weighted by molar-refractivity contribution is 0.194. The second-order valence-electron chi connectivity index (χ2n) is 5.21. The molecule has 1 aromatic carbocycles. The minimum Gasteiger partial charge on any atom is -0.185 e. The van der Waals surface area contributed by atoms with Crippen molar-refractivity contribution in [3.05, 3.63) is 30.5 Å². The third-order valence-corrected chi connectivity index (χ3v) is 6.69. The summed E-state index contributed by atoms with van der Waals surface area (Å²) in [4.78, 5) is 1.63. The number of fused-ring (bicyclic) bond motifs is 1. The summed E-state index contributed by atoms with van der Waals surface area (Å²) in [6.45, 7) is 0. The molecule has 1 aromatic heterocycles. The number of aromatic nitrogens is 2. The van der Waals surface area contributed by atoms with Gasteiger partial charge in [0.05, 0.1) is 6.20 Å². The summed E-state index contributed by atoms with van der Waals surface area (Å²) in [5, 5.41) is 5.44. The van der Waals surface area contributed by atoms with Crippen LogP contribution >= 0.6 is 7.94 Å². The number of para-hydroxylation sites is 1. The molecule has 7 heteroatoms. The van der Waals surface area contributed by atoms with Gasteiger partial charge in [0, 0.05) is 47.7 Å². The van der Waals surface area contributed by atoms with Crippen molar-refractivity contribution in [2.24, 2.45) is 0 Å². The van der Waals surface area contributed by atoms with Crippen LogP contribution in [-0.4, -0.2) is 66.2 Å². The lowest BCUT2D eigenvalue weighted by Crippen LogP contribution is -2.42. The topological polar surface area (TPSA) is 36.8 Å². The molecule has 0 radical (unpaired) electrons. The van der Waals surface area contributed by atoms with Gasteiger partial charge >= 0.3 is 7.94 Å². The van der Waals surface area contributed by atoms with E-state index in [2.05, 4.69) is 19.1 Å². The maximum atomic E-state index is 6.33. The first-order chi connectivity index (χ1) is 9.39. The third-order valence-electron chi connectivity index (χ3n) is 3.19. The van der Waals surface area contributed by atoms with Gasteiger partial charge in [-0.1, -0.05) is 18.2 Å². The first kappa shape index (κ1) is 15.2. The molecule has 2 aromatic rings. The normalized spacial score (nSPS) is 12.8. The van der Waals surface area contributed by atoms with Crippen LogP contribution in [0.3, 0.4) is 0 Å². The van der Waals surface area contributed by atoms with Crippen molar-refractivity contribution in [2.45, 2.75) is 0 Å². The van der Waals surface area contributed by atoms with Crippen molar-refractivity contribution >= 4 is 18.8 Å². The second kappa shape index (κ2) is 5.66. The summed E-state index contributed by atoms with van der Waals surface area (Å²) in [5.74, 6) is 0. The molecule has 0 N–H and O–H groups in total. The Kier molecular flexibility index (Phi) is 4.30. The molecular weight excluding hydrogens is 273 g/mol. The van der Waals surface area contributed by atoms with Crippen LogP contribution in [0.15, 0.2) is 30.5 Å². The molecule has 2 rings (SSSR count). The Balaban J connectivity index is 2.47. The van der Waals surface area contributed by atoms with Gasteiger partial charge < -0.3 is 0 Å². The fraction of sp³-hybridized carbons (Fsp3) is 0.462. The fourth-order valence-corrected chi connectivity index (χ4v) is 5.33. The molecule has 0 bridgehead atoms. The lowest BCUT2D eigenvalue weighted by atomic mass is 10.3. The van der Waals surface area contributed by atoms with Crippen LogP contribution in [0.25, 0.3) is 10.9 Å². The van der Waals surface area contributed by atoms with E-state index in [4.69, 9.17) is 4.62 Å². The van der Waals surface area contributed by atoms with Crippen molar-refractivity contribution in [3.63, 3.8) is 0 Å². The Morgan fingerprint density at radius 2 is 1.50 bits per heavy atom. The molecule has 0 amide bonds. The molecule has 0 aliphatic heterocycles. The average Bonchev–Trinajstić information content (AvgIpc) is 2.77. The number of hydrogen-bond donors (Lipinski definition) is 0. The SMILES string of the molecule is CN(C)[P+](On1ncc2ccccc21)(N(C)C)N(C)C. The van der Waals surface area contributed by atoms with Gasteiger partial charge in [0.25, 0.3) is 0 Å². The molecular formula is C13H23N5OP+. The number of nitrogens with zero attached hydrogens (tertiary/aromatic N) is 5. The lowest BCUT2D eigenvalue weighted by Gasteiger charge is -2.35. The van der Waals surface area contributed by atoms with Crippen LogP contribution in [0.5, 0.6) is 0 Å². The Morgan fingerprint density at radius 1 is 0.950 bits per heavy atom. The van der Waals surface area contributed by atoms with E-state index in [0.29, 0.717) is 0 Å². The van der Waals surface area contributed by atoms with Gasteiger partial charge in [-0.3, -0.25) is 0 Å². The summed E-state index contributed by atoms with van der Waals surface area (Å²) >= 11 is 0. The van der Waals surface area contributed by atoms with E-state index in [1.54, 1.807) is 4.85 Å². The number of hydrogen-bond acceptors (Lipinski definition) is 5. The van der Waals surface area contributed by atoms with Crippen LogP contribution in [0, 0.1) is 0 Å². The van der Waals surface area contributed by atoms with Gasteiger partial charge in [-0.2, -0.15) is 4.62 Å². The van der Waals surface area contributed by atoms with Crippen molar-refractivity contribution < 1.29 is 4.62 Å². The molecule has 0 fully saturated rings. The third kappa shape index (κ3) is 2.40. The maximum Gasteiger partial charge on any atom is 0.449 e. The van der Waals surface area contributed by atoms with E-state index in [-0.39, 0.29) is 0 Å². The quantitative estimate of drug-likeness (QED) is 0.787. The second-order valence-corrected chi connectivity index (χ2v) is 8.80. The summed E-state index contributed by atoms with van der Waals surface area (Å²) in [6, 6.07) is 8.03. The van der Waals surface area contributed by atoms with Gasteiger partial charge in [-0.15, -0.1) is 19.1 Å². The molecule has 1 heterocycles. The highest BCUT2D eigenvalue weighted by Crippen LogP contribution is 2.61. The van der Waals surface area contributed by atoms with Crippen molar-refractivity contribution in [3.8, 4) is 0 Å². The molecule has 0 saturated heterocycles. The standard InChI is InChI=1S/C13H23N5OP/c1-15(2)20(16(3)4,17(5)6)19-18-13-10-8-7-9-12(13)11-14-18/h7-11H,1-6H3/q+1. The minimum atomic E-state index is -2.10. The number of benzene rings is 1. The largest absolute Gasteiger partial charge is 0.449 e. The van der Waals surface area contributed by atoms with Crippen LogP contribution < -0.4 is 4.62 Å². The number of rotatable bonds is 5. The van der Waals surface area contributed by atoms with Crippen molar-refractivity contribution in [1.29, 1.82) is 0 Å². The molecule has 6 nitrogen and oxygen atoms in total. The zero-order chi connectivity index (χ0) is 14.9. The van der Waals surface area contributed by atoms with Crippen LogP contribution in [0.1, 0.15) is 0 Å². The Labute approximate surface area is 121 Å². The molecule has 0 saturated carbocycles. The smallest absolute Gasteiger partial charge is 0.185 e. The van der Waals surface area contributed by atoms with Gasteiger partial charge in [-0.25, -0.2) is 0 Å². The van der Waals surface area contributed by atoms with E-state index in [9.17, 15) is 0 Å². The maximum absolute atomic E-state index is 6.33. The Hall–Kier alpha value is -1.20. The molecule has 20 heavy (non-hydrogen) atoms. The minimum absolute atomic E-state index is 0.974. The summed E-state index contributed by atoms with van der Waals surface area (Å²) in [5.41, 5.74) is 0.974. The van der Waals surface area contributed by atoms with Crippen molar-refractivity contribution in [1.82, 2.24) is 24.0 Å². The summed E-state index contributed by atoms with van der Waals surface area (Å²) < 4.78 is 12.7. The highest BCUT2D eigenvalue weighted by atomic mass is 31.2. The predicted molar refractivity (Wildman–Crippen MR) is 84.3 cm³/mol. The summed E-state index contributed by atoms with van der Waals surface area (Å²) in [7, 11) is 10.1. The van der Waals surface area contributed by atoms with Gasteiger partial charge in [-0.05, 0) is 10.9 Å². The van der Waals surface area contributed by atoms with Crippen LogP contribution in [-0.2, 0) is 0 Å². The molecule has 0 spiro atoms. The molecule has 0 unspecified atom stereocenters. The van der Waals surface area contributed by atoms with E-state index < -0.39 is 7.94 Å². The zero-order valence-corrected chi connectivity index (χ0v) is 13.9. The highest BCUT2D eigenvalue weighted by molar-refractivity contribution is 7.64. The van der Waals surface area contributed by atoms with Gasteiger partial charge in [0.1, 0.15) is 5.52 Å². The Bertz CT molecular complexity index is 559. The first-order valence-electron chi connectivity index (χ1n) is 6.45. The van der Waals surface area contributed by atoms with Gasteiger partial charge in [0.2, 0.25) is 0 Å². The predicted octanol–water partition coefficient (Wildman–Crippen LogP) is 1.83. The van der Waals surface area contributed by atoms with Crippen LogP contribution in [0.4, 0.5) is 0 Å². The average molecular weight is 296 g/mol.